The molecule has 0 saturated carbocycles. The van der Waals surface area contributed by atoms with Crippen LogP contribution in [-0.4, -0.2) is 25.3 Å². The van der Waals surface area contributed by atoms with Gasteiger partial charge in [0.05, 0.1) is 13.3 Å². The Morgan fingerprint density at radius 1 is 1.22 bits per heavy atom. The fourth-order valence-corrected chi connectivity index (χ4v) is 2.04. The van der Waals surface area contributed by atoms with Gasteiger partial charge in [0.1, 0.15) is 5.75 Å². The highest BCUT2D eigenvalue weighted by Crippen LogP contribution is 2.16. The molecule has 6 heteroatoms. The molecule has 0 saturated heterocycles. The molecule has 1 unspecified atom stereocenters. The number of benzene rings is 2. The van der Waals surface area contributed by atoms with Crippen LogP contribution in [0.1, 0.15) is 12.5 Å². The smallest absolute Gasteiger partial charge is 0.267 e. The van der Waals surface area contributed by atoms with Gasteiger partial charge in [0.2, 0.25) is 6.10 Å². The lowest BCUT2D eigenvalue weighted by atomic mass is 10.2. The number of anilines is 1. The van der Waals surface area contributed by atoms with Crippen LogP contribution >= 0.6 is 15.9 Å². The van der Waals surface area contributed by atoms with Crippen LogP contribution in [0.5, 0.6) is 5.75 Å². The molecule has 2 aromatic rings. The lowest BCUT2D eigenvalue weighted by Gasteiger charge is -2.10. The Labute approximate surface area is 143 Å². The number of para-hydroxylation sites is 1. The minimum Gasteiger partial charge on any atom is -0.496 e. The third kappa shape index (κ3) is 5.10. The molecule has 1 N–H and O–H groups in total. The van der Waals surface area contributed by atoms with E-state index in [0.717, 1.165) is 10.0 Å². The van der Waals surface area contributed by atoms with E-state index in [9.17, 15) is 4.79 Å². The summed E-state index contributed by atoms with van der Waals surface area (Å²) in [5, 5.41) is 6.61. The van der Waals surface area contributed by atoms with Crippen LogP contribution in [0, 0.1) is 0 Å². The maximum atomic E-state index is 12.0. The molecule has 0 aromatic heterocycles. The van der Waals surface area contributed by atoms with Crippen LogP contribution in [0.3, 0.4) is 0 Å². The number of carbonyl (C=O) groups excluding carboxylic acids is 1. The number of oxime groups is 1. The molecule has 5 nitrogen and oxygen atoms in total. The SMILES string of the molecule is COc1ccccc1/C=N/OC(C)C(=O)Nc1ccc(Br)cc1. The van der Waals surface area contributed by atoms with Gasteiger partial charge in [-0.1, -0.05) is 33.2 Å². The van der Waals surface area contributed by atoms with Crippen molar-refractivity contribution in [1.82, 2.24) is 0 Å². The summed E-state index contributed by atoms with van der Waals surface area (Å²) in [6.45, 7) is 1.63. The third-order valence-corrected chi connectivity index (χ3v) is 3.56. The highest BCUT2D eigenvalue weighted by molar-refractivity contribution is 9.10. The van der Waals surface area contributed by atoms with Gasteiger partial charge in [-0.2, -0.15) is 0 Å². The van der Waals surface area contributed by atoms with E-state index in [1.165, 1.54) is 6.21 Å². The van der Waals surface area contributed by atoms with Crippen molar-refractivity contribution in [1.29, 1.82) is 0 Å². The van der Waals surface area contributed by atoms with Crippen molar-refractivity contribution in [2.24, 2.45) is 5.16 Å². The van der Waals surface area contributed by atoms with Crippen molar-refractivity contribution in [3.05, 3.63) is 58.6 Å². The Hall–Kier alpha value is -2.34. The second-order valence-corrected chi connectivity index (χ2v) is 5.64. The Kier molecular flexibility index (Phi) is 6.17. The van der Waals surface area contributed by atoms with E-state index in [1.807, 2.05) is 36.4 Å². The third-order valence-electron chi connectivity index (χ3n) is 3.03. The molecule has 0 aliphatic rings. The van der Waals surface area contributed by atoms with Gasteiger partial charge in [-0.25, -0.2) is 0 Å². The zero-order chi connectivity index (χ0) is 16.7. The number of amides is 1. The molecule has 2 aromatic carbocycles. The molecular weight excluding hydrogens is 360 g/mol. The molecule has 0 aliphatic heterocycles. The first-order valence-corrected chi connectivity index (χ1v) is 7.78. The molecule has 0 radical (unpaired) electrons. The molecule has 0 bridgehead atoms. The molecule has 0 fully saturated rings. The number of hydrogen-bond acceptors (Lipinski definition) is 4. The van der Waals surface area contributed by atoms with Gasteiger partial charge in [0.15, 0.2) is 0 Å². The first-order valence-electron chi connectivity index (χ1n) is 6.99. The van der Waals surface area contributed by atoms with Crippen molar-refractivity contribution in [2.75, 3.05) is 12.4 Å². The Morgan fingerprint density at radius 3 is 2.61 bits per heavy atom. The first-order chi connectivity index (χ1) is 11.1. The fraction of sp³-hybridized carbons (Fsp3) is 0.176. The van der Waals surface area contributed by atoms with Crippen LogP contribution in [0.2, 0.25) is 0 Å². The quantitative estimate of drug-likeness (QED) is 0.615. The first kappa shape index (κ1) is 17.0. The Bertz CT molecular complexity index is 686. The Morgan fingerprint density at radius 2 is 1.91 bits per heavy atom. The lowest BCUT2D eigenvalue weighted by molar-refractivity contribution is -0.126. The number of carbonyl (C=O) groups is 1. The summed E-state index contributed by atoms with van der Waals surface area (Å²) in [5.74, 6) is 0.413. The maximum absolute atomic E-state index is 12.0. The minimum atomic E-state index is -0.718. The van der Waals surface area contributed by atoms with Gasteiger partial charge in [-0.05, 0) is 43.3 Å². The predicted molar refractivity (Wildman–Crippen MR) is 93.9 cm³/mol. The van der Waals surface area contributed by atoms with Crippen LogP contribution in [0.25, 0.3) is 0 Å². The molecule has 120 valence electrons. The van der Waals surface area contributed by atoms with Crippen molar-refractivity contribution in [3.63, 3.8) is 0 Å². The summed E-state index contributed by atoms with van der Waals surface area (Å²) in [4.78, 5) is 17.2. The Balaban J connectivity index is 1.90. The van der Waals surface area contributed by atoms with Gasteiger partial charge in [0.25, 0.3) is 5.91 Å². The molecule has 0 aliphatic carbocycles. The van der Waals surface area contributed by atoms with E-state index in [1.54, 1.807) is 26.2 Å². The van der Waals surface area contributed by atoms with Crippen molar-refractivity contribution >= 4 is 33.7 Å². The van der Waals surface area contributed by atoms with Gasteiger partial charge in [-0.3, -0.25) is 4.79 Å². The molecule has 0 heterocycles. The number of hydrogen-bond donors (Lipinski definition) is 1. The summed E-state index contributed by atoms with van der Waals surface area (Å²) < 4.78 is 6.15. The average molecular weight is 377 g/mol. The van der Waals surface area contributed by atoms with Crippen LogP contribution < -0.4 is 10.1 Å². The minimum absolute atomic E-state index is 0.274. The van der Waals surface area contributed by atoms with Gasteiger partial charge < -0.3 is 14.9 Å². The number of rotatable bonds is 6. The van der Waals surface area contributed by atoms with E-state index in [0.29, 0.717) is 11.4 Å². The highest BCUT2D eigenvalue weighted by atomic mass is 79.9. The van der Waals surface area contributed by atoms with E-state index in [4.69, 9.17) is 9.57 Å². The van der Waals surface area contributed by atoms with Gasteiger partial charge in [0, 0.05) is 15.7 Å². The predicted octanol–water partition coefficient (Wildman–Crippen LogP) is 3.84. The second kappa shape index (κ2) is 8.33. The monoisotopic (exact) mass is 376 g/mol. The van der Waals surface area contributed by atoms with Crippen LogP contribution in [0.4, 0.5) is 5.69 Å². The van der Waals surface area contributed by atoms with Crippen molar-refractivity contribution in [2.45, 2.75) is 13.0 Å². The van der Waals surface area contributed by atoms with E-state index < -0.39 is 6.10 Å². The summed E-state index contributed by atoms with van der Waals surface area (Å²) in [6.07, 6.45) is 0.798. The summed E-state index contributed by atoms with van der Waals surface area (Å²) in [6, 6.07) is 14.7. The maximum Gasteiger partial charge on any atom is 0.267 e. The zero-order valence-electron chi connectivity index (χ0n) is 12.8. The topological polar surface area (TPSA) is 59.9 Å². The molecule has 1 amide bonds. The number of nitrogens with one attached hydrogen (secondary N) is 1. The number of halogens is 1. The highest BCUT2D eigenvalue weighted by Gasteiger charge is 2.14. The summed E-state index contributed by atoms with van der Waals surface area (Å²) in [7, 11) is 1.59. The van der Waals surface area contributed by atoms with Crippen molar-refractivity contribution < 1.29 is 14.4 Å². The molecular formula is C17H17BrN2O3. The average Bonchev–Trinajstić information content (AvgIpc) is 2.57. The van der Waals surface area contributed by atoms with Crippen LogP contribution in [-0.2, 0) is 9.63 Å². The fourth-order valence-electron chi connectivity index (χ4n) is 1.78. The number of methoxy groups -OCH3 is 1. The lowest BCUT2D eigenvalue weighted by Crippen LogP contribution is -2.26. The number of ether oxygens (including phenoxy) is 1. The van der Waals surface area contributed by atoms with E-state index >= 15 is 0 Å². The normalized spacial score (nSPS) is 12.0. The van der Waals surface area contributed by atoms with E-state index in [2.05, 4.69) is 26.4 Å². The molecule has 1 atom stereocenters. The summed E-state index contributed by atoms with van der Waals surface area (Å²) in [5.41, 5.74) is 1.47. The van der Waals surface area contributed by atoms with Gasteiger partial charge in [-0.15, -0.1) is 0 Å². The van der Waals surface area contributed by atoms with Gasteiger partial charge >= 0.3 is 0 Å². The standard InChI is InChI=1S/C17H17BrN2O3/c1-12(17(21)20-15-9-7-14(18)8-10-15)23-19-11-13-5-3-4-6-16(13)22-2/h3-12H,1-2H3,(H,20,21)/b19-11+. The van der Waals surface area contributed by atoms with E-state index in [-0.39, 0.29) is 5.91 Å². The number of nitrogens with zero attached hydrogens (tertiary/aromatic N) is 1. The molecule has 0 spiro atoms. The summed E-state index contributed by atoms with van der Waals surface area (Å²) >= 11 is 3.34. The molecule has 23 heavy (non-hydrogen) atoms. The van der Waals surface area contributed by atoms with Crippen LogP contribution in [0.15, 0.2) is 58.2 Å². The second-order valence-electron chi connectivity index (χ2n) is 4.72. The molecule has 2 rings (SSSR count). The largest absolute Gasteiger partial charge is 0.496 e. The van der Waals surface area contributed by atoms with Crippen molar-refractivity contribution in [3.8, 4) is 5.75 Å². The zero-order valence-corrected chi connectivity index (χ0v) is 14.4.